The highest BCUT2D eigenvalue weighted by atomic mass is 16.5. The Hall–Kier alpha value is -2.82. The Kier molecular flexibility index (Phi) is 6.07. The minimum Gasteiger partial charge on any atom is -0.494 e. The standard InChI is InChI=1S/C25H30N2O3/c1-17(2)14-15-30-21-11-8-18(9-12-21)24-26-22-16-19(25(28)29)10-13-23(22)27(24)20-6-4-3-5-7-20/h8-13,16-17,20H,3-7,14-15H2,1-2H3,(H,28,29). The molecule has 0 atom stereocenters. The summed E-state index contributed by atoms with van der Waals surface area (Å²) >= 11 is 0. The molecule has 5 nitrogen and oxygen atoms in total. The van der Waals surface area contributed by atoms with Crippen molar-refractivity contribution < 1.29 is 14.6 Å². The van der Waals surface area contributed by atoms with E-state index in [-0.39, 0.29) is 5.56 Å². The molecule has 1 heterocycles. The maximum Gasteiger partial charge on any atom is 0.335 e. The molecule has 5 heteroatoms. The van der Waals surface area contributed by atoms with E-state index in [1.165, 1.54) is 19.3 Å². The van der Waals surface area contributed by atoms with Crippen LogP contribution in [-0.4, -0.2) is 27.2 Å². The van der Waals surface area contributed by atoms with Crippen molar-refractivity contribution in [1.82, 2.24) is 9.55 Å². The Morgan fingerprint density at radius 3 is 2.53 bits per heavy atom. The Labute approximate surface area is 177 Å². The highest BCUT2D eigenvalue weighted by Gasteiger charge is 2.23. The SMILES string of the molecule is CC(C)CCOc1ccc(-c2nc3cc(C(=O)O)ccc3n2C2CCCCC2)cc1. The zero-order chi connectivity index (χ0) is 21.1. The fraction of sp³-hybridized carbons (Fsp3) is 0.440. The van der Waals surface area contributed by atoms with Gasteiger partial charge in [-0.25, -0.2) is 9.78 Å². The van der Waals surface area contributed by atoms with E-state index in [2.05, 4.69) is 30.5 Å². The molecule has 0 spiro atoms. The van der Waals surface area contributed by atoms with E-state index in [0.717, 1.165) is 54.0 Å². The predicted molar refractivity (Wildman–Crippen MR) is 119 cm³/mol. The normalized spacial score (nSPS) is 15.0. The molecule has 1 N–H and O–H groups in total. The van der Waals surface area contributed by atoms with Crippen LogP contribution in [0, 0.1) is 5.92 Å². The molecule has 0 saturated heterocycles. The predicted octanol–water partition coefficient (Wildman–Crippen LogP) is 6.33. The summed E-state index contributed by atoms with van der Waals surface area (Å²) in [6, 6.07) is 13.8. The first-order valence-electron chi connectivity index (χ1n) is 11.0. The number of hydrogen-bond acceptors (Lipinski definition) is 3. The highest BCUT2D eigenvalue weighted by Crippen LogP contribution is 2.36. The van der Waals surface area contributed by atoms with Crippen LogP contribution in [0.3, 0.4) is 0 Å². The van der Waals surface area contributed by atoms with Gasteiger partial charge < -0.3 is 14.4 Å². The van der Waals surface area contributed by atoms with Crippen LogP contribution in [0.2, 0.25) is 0 Å². The van der Waals surface area contributed by atoms with Gasteiger partial charge in [0.1, 0.15) is 11.6 Å². The molecule has 0 aliphatic heterocycles. The number of aromatic carboxylic acids is 1. The van der Waals surface area contributed by atoms with Gasteiger partial charge in [0.05, 0.1) is 23.2 Å². The first kappa shape index (κ1) is 20.5. The van der Waals surface area contributed by atoms with E-state index in [0.29, 0.717) is 12.0 Å². The number of fused-ring (bicyclic) bond motifs is 1. The van der Waals surface area contributed by atoms with Gasteiger partial charge in [0.15, 0.2) is 0 Å². The Morgan fingerprint density at radius 1 is 1.13 bits per heavy atom. The Morgan fingerprint density at radius 2 is 1.87 bits per heavy atom. The third-order valence-corrected chi connectivity index (χ3v) is 5.95. The number of ether oxygens (including phenoxy) is 1. The molecule has 1 saturated carbocycles. The molecule has 4 rings (SSSR count). The molecule has 1 fully saturated rings. The summed E-state index contributed by atoms with van der Waals surface area (Å²) in [6.07, 6.45) is 7.03. The van der Waals surface area contributed by atoms with Crippen molar-refractivity contribution in [3.05, 3.63) is 48.0 Å². The van der Waals surface area contributed by atoms with Gasteiger partial charge in [0.2, 0.25) is 0 Å². The van der Waals surface area contributed by atoms with Crippen molar-refractivity contribution in [2.75, 3.05) is 6.61 Å². The zero-order valence-corrected chi connectivity index (χ0v) is 17.8. The number of carboxylic acid groups (broad SMARTS) is 1. The van der Waals surface area contributed by atoms with Crippen LogP contribution in [0.5, 0.6) is 5.75 Å². The lowest BCUT2D eigenvalue weighted by molar-refractivity contribution is 0.0697. The van der Waals surface area contributed by atoms with Gasteiger partial charge in [-0.15, -0.1) is 0 Å². The second kappa shape index (κ2) is 8.90. The summed E-state index contributed by atoms with van der Waals surface area (Å²) in [6.45, 7) is 5.10. The van der Waals surface area contributed by atoms with Crippen LogP contribution in [0.4, 0.5) is 0 Å². The fourth-order valence-electron chi connectivity index (χ4n) is 4.26. The summed E-state index contributed by atoms with van der Waals surface area (Å²) in [5.41, 5.74) is 3.06. The van der Waals surface area contributed by atoms with E-state index in [4.69, 9.17) is 9.72 Å². The topological polar surface area (TPSA) is 64.3 Å². The first-order valence-corrected chi connectivity index (χ1v) is 11.0. The number of carbonyl (C=O) groups is 1. The van der Waals surface area contributed by atoms with Crippen molar-refractivity contribution in [2.45, 2.75) is 58.4 Å². The monoisotopic (exact) mass is 406 g/mol. The third kappa shape index (κ3) is 4.35. The lowest BCUT2D eigenvalue weighted by Gasteiger charge is -2.25. The van der Waals surface area contributed by atoms with Gasteiger partial charge in [-0.1, -0.05) is 33.1 Å². The van der Waals surface area contributed by atoms with E-state index in [1.54, 1.807) is 12.1 Å². The minimum atomic E-state index is -0.923. The van der Waals surface area contributed by atoms with Gasteiger partial charge in [0, 0.05) is 11.6 Å². The molecule has 1 aliphatic rings. The minimum absolute atomic E-state index is 0.274. The average Bonchev–Trinajstić information content (AvgIpc) is 3.13. The first-order chi connectivity index (χ1) is 14.5. The van der Waals surface area contributed by atoms with Crippen molar-refractivity contribution in [2.24, 2.45) is 5.92 Å². The largest absolute Gasteiger partial charge is 0.494 e. The van der Waals surface area contributed by atoms with Gasteiger partial charge in [0.25, 0.3) is 0 Å². The fourth-order valence-corrected chi connectivity index (χ4v) is 4.26. The molecule has 0 bridgehead atoms. The quantitative estimate of drug-likeness (QED) is 0.498. The summed E-state index contributed by atoms with van der Waals surface area (Å²) in [4.78, 5) is 16.3. The number of nitrogens with zero attached hydrogens (tertiary/aromatic N) is 2. The molecular weight excluding hydrogens is 376 g/mol. The van der Waals surface area contributed by atoms with Crippen LogP contribution in [0.15, 0.2) is 42.5 Å². The molecule has 30 heavy (non-hydrogen) atoms. The molecule has 1 aliphatic carbocycles. The Balaban J connectivity index is 1.70. The summed E-state index contributed by atoms with van der Waals surface area (Å²) in [7, 11) is 0. The molecule has 158 valence electrons. The van der Waals surface area contributed by atoms with E-state index in [9.17, 15) is 9.90 Å². The zero-order valence-electron chi connectivity index (χ0n) is 17.8. The molecule has 1 aromatic heterocycles. The smallest absolute Gasteiger partial charge is 0.335 e. The van der Waals surface area contributed by atoms with E-state index < -0.39 is 5.97 Å². The molecular formula is C25H30N2O3. The second-order valence-corrected chi connectivity index (χ2v) is 8.66. The lowest BCUT2D eigenvalue weighted by atomic mass is 9.95. The number of carboxylic acids is 1. The van der Waals surface area contributed by atoms with Crippen LogP contribution >= 0.6 is 0 Å². The van der Waals surface area contributed by atoms with E-state index in [1.807, 2.05) is 18.2 Å². The van der Waals surface area contributed by atoms with Crippen molar-refractivity contribution in [1.29, 1.82) is 0 Å². The molecule has 2 aromatic carbocycles. The summed E-state index contributed by atoms with van der Waals surface area (Å²) in [5, 5.41) is 9.37. The van der Waals surface area contributed by atoms with Crippen LogP contribution in [0.1, 0.15) is 68.8 Å². The number of aromatic nitrogens is 2. The molecule has 0 radical (unpaired) electrons. The summed E-state index contributed by atoms with van der Waals surface area (Å²) in [5.74, 6) is 1.48. The van der Waals surface area contributed by atoms with E-state index >= 15 is 0 Å². The Bertz CT molecular complexity index is 1010. The molecule has 3 aromatic rings. The van der Waals surface area contributed by atoms with Crippen LogP contribution in [-0.2, 0) is 0 Å². The number of benzene rings is 2. The van der Waals surface area contributed by atoms with Crippen LogP contribution < -0.4 is 4.74 Å². The molecule has 0 unspecified atom stereocenters. The van der Waals surface area contributed by atoms with Gasteiger partial charge in [-0.2, -0.15) is 0 Å². The highest BCUT2D eigenvalue weighted by molar-refractivity contribution is 5.93. The third-order valence-electron chi connectivity index (χ3n) is 5.95. The van der Waals surface area contributed by atoms with Gasteiger partial charge >= 0.3 is 5.97 Å². The lowest BCUT2D eigenvalue weighted by Crippen LogP contribution is -2.14. The second-order valence-electron chi connectivity index (χ2n) is 8.66. The van der Waals surface area contributed by atoms with Crippen molar-refractivity contribution in [3.8, 4) is 17.1 Å². The maximum atomic E-state index is 11.4. The maximum absolute atomic E-state index is 11.4. The molecule has 0 amide bonds. The summed E-state index contributed by atoms with van der Waals surface area (Å²) < 4.78 is 8.19. The van der Waals surface area contributed by atoms with Crippen molar-refractivity contribution in [3.63, 3.8) is 0 Å². The van der Waals surface area contributed by atoms with Crippen LogP contribution in [0.25, 0.3) is 22.4 Å². The number of rotatable bonds is 7. The van der Waals surface area contributed by atoms with Gasteiger partial charge in [-0.3, -0.25) is 0 Å². The average molecular weight is 407 g/mol. The van der Waals surface area contributed by atoms with Crippen molar-refractivity contribution >= 4 is 17.0 Å². The number of imidazole rings is 1. The number of hydrogen-bond donors (Lipinski definition) is 1. The van der Waals surface area contributed by atoms with Gasteiger partial charge in [-0.05, 0) is 67.6 Å².